The van der Waals surface area contributed by atoms with Crippen LogP contribution in [0.2, 0.25) is 0 Å². The number of hydrogen-bond acceptors (Lipinski definition) is 2. The highest BCUT2D eigenvalue weighted by Gasteiger charge is 2.29. The van der Waals surface area contributed by atoms with Crippen LogP contribution in [0.15, 0.2) is 89.8 Å². The molecular weight excluding hydrogens is 338 g/mol. The molecule has 4 rings (SSSR count). The zero-order chi connectivity index (χ0) is 17.8. The summed E-state index contributed by atoms with van der Waals surface area (Å²) in [4.78, 5) is 16.5. The van der Waals surface area contributed by atoms with Gasteiger partial charge in [-0.15, -0.1) is 11.8 Å². The highest BCUT2D eigenvalue weighted by molar-refractivity contribution is 8.00. The van der Waals surface area contributed by atoms with Crippen LogP contribution in [0, 0.1) is 0 Å². The van der Waals surface area contributed by atoms with Gasteiger partial charge in [0.05, 0.1) is 0 Å². The molecule has 0 aromatic heterocycles. The number of thioether (sulfide) groups is 1. The minimum Gasteiger partial charge on any atom is -0.337 e. The maximum atomic E-state index is 13.4. The molecule has 26 heavy (non-hydrogen) atoms. The highest BCUT2D eigenvalue weighted by atomic mass is 32.2. The fourth-order valence-electron chi connectivity index (χ4n) is 3.37. The molecule has 3 aromatic carbocycles. The molecule has 0 aliphatic carbocycles. The minimum absolute atomic E-state index is 0.194. The topological polar surface area (TPSA) is 20.3 Å². The predicted octanol–water partition coefficient (Wildman–Crippen LogP) is 5.10. The summed E-state index contributed by atoms with van der Waals surface area (Å²) in [5, 5.41) is -0.219. The maximum Gasteiger partial charge on any atom is 0.240 e. The van der Waals surface area contributed by atoms with Gasteiger partial charge in [-0.1, -0.05) is 72.8 Å². The standard InChI is InChI=1S/C23H21NOS/c25-23(24-16-15-18-9-7-8-12-20(18)17-24)22(19-10-3-1-4-11-19)26-21-13-5-2-6-14-21/h1-14,22H,15-17H2/t22-/m0/s1. The van der Waals surface area contributed by atoms with Gasteiger partial charge < -0.3 is 4.90 Å². The quantitative estimate of drug-likeness (QED) is 0.604. The van der Waals surface area contributed by atoms with E-state index < -0.39 is 0 Å². The molecule has 1 amide bonds. The Morgan fingerprint density at radius 3 is 2.15 bits per heavy atom. The lowest BCUT2D eigenvalue weighted by molar-refractivity contribution is -0.131. The summed E-state index contributed by atoms with van der Waals surface area (Å²) < 4.78 is 0. The summed E-state index contributed by atoms with van der Waals surface area (Å²) in [5.74, 6) is 0.194. The van der Waals surface area contributed by atoms with Crippen molar-refractivity contribution in [3.8, 4) is 0 Å². The van der Waals surface area contributed by atoms with Crippen LogP contribution in [-0.2, 0) is 17.8 Å². The molecule has 0 spiro atoms. The molecule has 0 N–H and O–H groups in total. The second-order valence-electron chi connectivity index (χ2n) is 6.50. The molecule has 1 aliphatic rings. The van der Waals surface area contributed by atoms with E-state index in [1.165, 1.54) is 11.1 Å². The van der Waals surface area contributed by atoms with E-state index in [0.717, 1.165) is 23.4 Å². The molecule has 130 valence electrons. The molecule has 2 nitrogen and oxygen atoms in total. The minimum atomic E-state index is -0.219. The second-order valence-corrected chi connectivity index (χ2v) is 7.68. The van der Waals surface area contributed by atoms with Gasteiger partial charge in [0.25, 0.3) is 0 Å². The Hall–Kier alpha value is -2.52. The summed E-state index contributed by atoms with van der Waals surface area (Å²) in [6.45, 7) is 1.49. The Morgan fingerprint density at radius 2 is 1.42 bits per heavy atom. The monoisotopic (exact) mass is 359 g/mol. The summed E-state index contributed by atoms with van der Waals surface area (Å²) >= 11 is 1.63. The van der Waals surface area contributed by atoms with Crippen molar-refractivity contribution in [2.75, 3.05) is 6.54 Å². The van der Waals surface area contributed by atoms with Crippen LogP contribution in [0.1, 0.15) is 21.9 Å². The average Bonchev–Trinajstić information content (AvgIpc) is 2.72. The van der Waals surface area contributed by atoms with Crippen LogP contribution in [0.25, 0.3) is 0 Å². The van der Waals surface area contributed by atoms with Gasteiger partial charge in [-0.3, -0.25) is 4.79 Å². The van der Waals surface area contributed by atoms with Crippen molar-refractivity contribution in [2.24, 2.45) is 0 Å². The van der Waals surface area contributed by atoms with Crippen LogP contribution in [0.3, 0.4) is 0 Å². The number of fused-ring (bicyclic) bond motifs is 1. The van der Waals surface area contributed by atoms with Gasteiger partial charge >= 0.3 is 0 Å². The van der Waals surface area contributed by atoms with Gasteiger partial charge in [-0.05, 0) is 35.2 Å². The van der Waals surface area contributed by atoms with Gasteiger partial charge in [0.15, 0.2) is 0 Å². The average molecular weight is 359 g/mol. The number of amides is 1. The molecule has 0 fully saturated rings. The molecule has 0 radical (unpaired) electrons. The van der Waals surface area contributed by atoms with E-state index in [1.54, 1.807) is 11.8 Å². The first-order valence-electron chi connectivity index (χ1n) is 8.93. The maximum absolute atomic E-state index is 13.4. The molecule has 0 bridgehead atoms. The fraction of sp³-hybridized carbons (Fsp3) is 0.174. The lowest BCUT2D eigenvalue weighted by Gasteiger charge is -2.32. The lowest BCUT2D eigenvalue weighted by atomic mass is 9.99. The van der Waals surface area contributed by atoms with Crippen molar-refractivity contribution >= 4 is 17.7 Å². The van der Waals surface area contributed by atoms with E-state index >= 15 is 0 Å². The van der Waals surface area contributed by atoms with Crippen LogP contribution >= 0.6 is 11.8 Å². The van der Waals surface area contributed by atoms with E-state index in [9.17, 15) is 4.79 Å². The Bertz CT molecular complexity index is 879. The molecule has 3 heteroatoms. The first-order valence-corrected chi connectivity index (χ1v) is 9.81. The van der Waals surface area contributed by atoms with Gasteiger partial charge in [0, 0.05) is 18.0 Å². The molecule has 0 saturated carbocycles. The molecule has 0 unspecified atom stereocenters. The van der Waals surface area contributed by atoms with Gasteiger partial charge in [0.1, 0.15) is 5.25 Å². The number of benzene rings is 3. The Morgan fingerprint density at radius 1 is 0.808 bits per heavy atom. The number of carbonyl (C=O) groups is 1. The van der Waals surface area contributed by atoms with Crippen molar-refractivity contribution in [1.29, 1.82) is 0 Å². The zero-order valence-corrected chi connectivity index (χ0v) is 15.4. The molecule has 1 atom stereocenters. The molecule has 3 aromatic rings. The van der Waals surface area contributed by atoms with Crippen LogP contribution < -0.4 is 0 Å². The highest BCUT2D eigenvalue weighted by Crippen LogP contribution is 2.37. The Kier molecular flexibility index (Phi) is 5.07. The van der Waals surface area contributed by atoms with Crippen molar-refractivity contribution in [1.82, 2.24) is 4.90 Å². The second kappa shape index (κ2) is 7.79. The number of carbonyl (C=O) groups excluding carboxylic acids is 1. The number of hydrogen-bond donors (Lipinski definition) is 0. The van der Waals surface area contributed by atoms with E-state index in [-0.39, 0.29) is 11.2 Å². The van der Waals surface area contributed by atoms with Gasteiger partial charge in [-0.25, -0.2) is 0 Å². The Balaban J connectivity index is 1.60. The lowest BCUT2D eigenvalue weighted by Crippen LogP contribution is -2.38. The van der Waals surface area contributed by atoms with Crippen LogP contribution in [-0.4, -0.2) is 17.4 Å². The van der Waals surface area contributed by atoms with E-state index in [4.69, 9.17) is 0 Å². The normalized spacial score (nSPS) is 14.5. The summed E-state index contributed by atoms with van der Waals surface area (Å²) in [6, 6.07) is 28.7. The number of rotatable bonds is 4. The predicted molar refractivity (Wildman–Crippen MR) is 107 cm³/mol. The molecule has 0 saturated heterocycles. The SMILES string of the molecule is O=C([C@@H](Sc1ccccc1)c1ccccc1)N1CCc2ccccc2C1. The van der Waals surface area contributed by atoms with E-state index in [0.29, 0.717) is 6.54 Å². The van der Waals surface area contributed by atoms with E-state index in [2.05, 4.69) is 48.5 Å². The molecule has 1 heterocycles. The van der Waals surface area contributed by atoms with E-state index in [1.807, 2.05) is 41.3 Å². The summed E-state index contributed by atoms with van der Waals surface area (Å²) in [5.41, 5.74) is 3.69. The van der Waals surface area contributed by atoms with Crippen molar-refractivity contribution < 1.29 is 4.79 Å². The summed E-state index contributed by atoms with van der Waals surface area (Å²) in [7, 11) is 0. The van der Waals surface area contributed by atoms with Gasteiger partial charge in [0.2, 0.25) is 5.91 Å². The Labute approximate surface area is 158 Å². The summed E-state index contributed by atoms with van der Waals surface area (Å²) in [6.07, 6.45) is 0.930. The first-order chi connectivity index (χ1) is 12.8. The largest absolute Gasteiger partial charge is 0.337 e. The van der Waals surface area contributed by atoms with Gasteiger partial charge in [-0.2, -0.15) is 0 Å². The third-order valence-corrected chi connectivity index (χ3v) is 6.02. The smallest absolute Gasteiger partial charge is 0.240 e. The van der Waals surface area contributed by atoms with Crippen LogP contribution in [0.4, 0.5) is 0 Å². The zero-order valence-electron chi connectivity index (χ0n) is 14.5. The fourth-order valence-corrected chi connectivity index (χ4v) is 4.50. The first kappa shape index (κ1) is 16.9. The number of nitrogens with zero attached hydrogens (tertiary/aromatic N) is 1. The third kappa shape index (κ3) is 3.68. The third-order valence-electron chi connectivity index (χ3n) is 4.77. The van der Waals surface area contributed by atoms with Crippen molar-refractivity contribution in [3.05, 3.63) is 102 Å². The van der Waals surface area contributed by atoms with Crippen molar-refractivity contribution in [2.45, 2.75) is 23.1 Å². The molecule has 1 aliphatic heterocycles. The van der Waals surface area contributed by atoms with Crippen molar-refractivity contribution in [3.63, 3.8) is 0 Å². The molecular formula is C23H21NOS. The van der Waals surface area contributed by atoms with Crippen LogP contribution in [0.5, 0.6) is 0 Å².